The maximum absolute atomic E-state index is 2.40. The minimum Gasteiger partial charge on any atom is -1.00 e. The Balaban J connectivity index is 0.00000324. The van der Waals surface area contributed by atoms with E-state index in [-0.39, 0.29) is 34.8 Å². The first kappa shape index (κ1) is 27.6. The first-order valence-electron chi connectivity index (χ1n) is 11.2. The number of hydrogen-bond donors (Lipinski definition) is 0. The third kappa shape index (κ3) is 4.98. The van der Waals surface area contributed by atoms with Crippen molar-refractivity contribution in [3.63, 3.8) is 0 Å². The maximum Gasteiger partial charge on any atom is 0.209 e. The van der Waals surface area contributed by atoms with E-state index in [2.05, 4.69) is 175 Å². The predicted octanol–water partition coefficient (Wildman–Crippen LogP) is 4.89. The van der Waals surface area contributed by atoms with E-state index in [1.807, 2.05) is 0 Å². The minimum absolute atomic E-state index is 0. The van der Waals surface area contributed by atoms with Crippen molar-refractivity contribution in [1.29, 1.82) is 0 Å². The monoisotopic (exact) mass is 788 g/mol. The lowest BCUT2D eigenvalue weighted by molar-refractivity contribution is -0.401. The van der Waals surface area contributed by atoms with Crippen molar-refractivity contribution in [3.05, 3.63) is 103 Å². The van der Waals surface area contributed by atoms with Gasteiger partial charge in [0.25, 0.3) is 0 Å². The Hall–Kier alpha value is -0.940. The van der Waals surface area contributed by atoms with Gasteiger partial charge in [0.05, 0.1) is 5.41 Å². The average molecular weight is 788 g/mol. The molecule has 0 N–H and O–H groups in total. The number of anilines is 1. The van der Waals surface area contributed by atoms with Gasteiger partial charge in [0.2, 0.25) is 5.69 Å². The summed E-state index contributed by atoms with van der Waals surface area (Å²) in [6, 6.07) is 13.4. The van der Waals surface area contributed by atoms with E-state index in [1.165, 1.54) is 41.1 Å². The van der Waals surface area contributed by atoms with E-state index in [4.69, 9.17) is 0 Å². The third-order valence-electron chi connectivity index (χ3n) is 6.94. The van der Waals surface area contributed by atoms with Crippen LogP contribution in [-0.2, 0) is 10.8 Å². The summed E-state index contributed by atoms with van der Waals surface area (Å²) in [5.74, 6) is 0. The molecular formula is C29H31I3N2. The van der Waals surface area contributed by atoms with Gasteiger partial charge in [-0.3, -0.25) is 0 Å². The summed E-state index contributed by atoms with van der Waals surface area (Å²) in [7, 11) is 4.32. The molecule has 2 aliphatic heterocycles. The number of likely N-dealkylation sites (N-methyl/N-ethyl adjacent to an activating group) is 1. The van der Waals surface area contributed by atoms with Gasteiger partial charge in [-0.15, -0.1) is 0 Å². The molecule has 178 valence electrons. The van der Waals surface area contributed by atoms with Crippen LogP contribution in [-0.4, -0.2) is 24.4 Å². The van der Waals surface area contributed by atoms with Crippen molar-refractivity contribution < 1.29 is 28.6 Å². The number of hydrogen-bond acceptors (Lipinski definition) is 1. The van der Waals surface area contributed by atoms with Crippen LogP contribution in [0.25, 0.3) is 0 Å². The summed E-state index contributed by atoms with van der Waals surface area (Å²) in [6.07, 6.45) is 15.1. The fourth-order valence-electron chi connectivity index (χ4n) is 5.10. The molecule has 0 amide bonds. The lowest BCUT2D eigenvalue weighted by Crippen LogP contribution is -3.00. The van der Waals surface area contributed by atoms with Gasteiger partial charge in [0, 0.05) is 48.7 Å². The molecule has 0 saturated heterocycles. The van der Waals surface area contributed by atoms with Gasteiger partial charge in [-0.25, -0.2) is 0 Å². The number of rotatable bonds is 4. The Morgan fingerprint density at radius 1 is 0.794 bits per heavy atom. The summed E-state index contributed by atoms with van der Waals surface area (Å²) in [6.45, 7) is 9.22. The number of benzene rings is 2. The van der Waals surface area contributed by atoms with E-state index in [9.17, 15) is 0 Å². The smallest absolute Gasteiger partial charge is 0.209 e. The SMILES string of the molecule is CN1\C(=C/C=C/C=C/C=C/C2=[N+](C)c3ccc(I)cc3C2(C)C)C(C)(C)c2cc(I)ccc21.[I-]. The first-order valence-corrected chi connectivity index (χ1v) is 13.4. The zero-order valence-corrected chi connectivity index (χ0v) is 27.0. The Bertz CT molecular complexity index is 1260. The van der Waals surface area contributed by atoms with Crippen LogP contribution in [0, 0.1) is 7.14 Å². The van der Waals surface area contributed by atoms with Crippen LogP contribution in [0.5, 0.6) is 0 Å². The Morgan fingerprint density at radius 2 is 1.38 bits per heavy atom. The highest BCUT2D eigenvalue weighted by Gasteiger charge is 2.42. The van der Waals surface area contributed by atoms with Gasteiger partial charge in [-0.2, -0.15) is 4.58 Å². The number of allylic oxidation sites excluding steroid dienone is 8. The standard InChI is InChI=1S/C29H31I2N2.HI/c1-28(2)22-18-20(30)14-16-24(22)32(5)26(28)12-10-8-7-9-11-13-27-29(3,4)23-19-21(31)15-17-25(23)33(27)6;/h7-19H,1-6H3;1H/q+1;/p-1. The molecule has 5 heteroatoms. The number of nitrogens with zero attached hydrogens (tertiary/aromatic N) is 2. The largest absolute Gasteiger partial charge is 1.00 e. The summed E-state index contributed by atoms with van der Waals surface area (Å²) in [5, 5.41) is 0. The molecule has 2 nitrogen and oxygen atoms in total. The molecule has 0 spiro atoms. The molecule has 0 aliphatic carbocycles. The van der Waals surface area contributed by atoms with Crippen molar-refractivity contribution in [2.75, 3.05) is 19.0 Å². The summed E-state index contributed by atoms with van der Waals surface area (Å²) in [4.78, 5) is 2.31. The normalized spacial score (nSPS) is 19.5. The molecule has 4 rings (SSSR count). The zero-order chi connectivity index (χ0) is 24.0. The van der Waals surface area contributed by atoms with Crippen molar-refractivity contribution in [2.24, 2.45) is 0 Å². The molecule has 2 aromatic carbocycles. The molecule has 0 aromatic heterocycles. The molecule has 0 bridgehead atoms. The van der Waals surface area contributed by atoms with Gasteiger partial charge < -0.3 is 28.9 Å². The number of halogens is 3. The molecule has 0 fully saturated rings. The molecular weight excluding hydrogens is 757 g/mol. The first-order chi connectivity index (χ1) is 15.5. The molecule has 2 aliphatic rings. The van der Waals surface area contributed by atoms with Crippen LogP contribution in [0.4, 0.5) is 11.4 Å². The van der Waals surface area contributed by atoms with Crippen LogP contribution in [0.3, 0.4) is 0 Å². The average Bonchev–Trinajstić information content (AvgIpc) is 3.06. The van der Waals surface area contributed by atoms with Gasteiger partial charge in [0.1, 0.15) is 7.05 Å². The van der Waals surface area contributed by atoms with E-state index >= 15 is 0 Å². The van der Waals surface area contributed by atoms with Gasteiger partial charge >= 0.3 is 0 Å². The van der Waals surface area contributed by atoms with Crippen molar-refractivity contribution >= 4 is 62.3 Å². The molecule has 0 saturated carbocycles. The summed E-state index contributed by atoms with van der Waals surface area (Å²) < 4.78 is 4.88. The van der Waals surface area contributed by atoms with E-state index in [0.717, 1.165) is 0 Å². The Labute approximate surface area is 248 Å². The molecule has 0 radical (unpaired) electrons. The van der Waals surface area contributed by atoms with Crippen LogP contribution < -0.4 is 28.9 Å². The van der Waals surface area contributed by atoms with Crippen LogP contribution in [0.1, 0.15) is 38.8 Å². The van der Waals surface area contributed by atoms with E-state index in [0.29, 0.717) is 0 Å². The minimum atomic E-state index is 0. The van der Waals surface area contributed by atoms with Gasteiger partial charge in [-0.05, 0) is 101 Å². The molecule has 0 unspecified atom stereocenters. The van der Waals surface area contributed by atoms with Crippen LogP contribution >= 0.6 is 45.2 Å². The van der Waals surface area contributed by atoms with Crippen molar-refractivity contribution in [3.8, 4) is 0 Å². The fourth-order valence-corrected chi connectivity index (χ4v) is 6.09. The highest BCUT2D eigenvalue weighted by atomic mass is 127. The zero-order valence-electron chi connectivity index (χ0n) is 20.5. The molecule has 34 heavy (non-hydrogen) atoms. The van der Waals surface area contributed by atoms with Crippen LogP contribution in [0.2, 0.25) is 0 Å². The lowest BCUT2D eigenvalue weighted by Gasteiger charge is -2.23. The number of fused-ring (bicyclic) bond motifs is 2. The lowest BCUT2D eigenvalue weighted by atomic mass is 9.81. The van der Waals surface area contributed by atoms with Crippen molar-refractivity contribution in [1.82, 2.24) is 0 Å². The second kappa shape index (κ2) is 10.6. The Kier molecular flexibility index (Phi) is 8.60. The fraction of sp³-hybridized carbons (Fsp3) is 0.276. The van der Waals surface area contributed by atoms with Crippen LogP contribution in [0.15, 0.2) is 84.6 Å². The highest BCUT2D eigenvalue weighted by molar-refractivity contribution is 14.1. The predicted molar refractivity (Wildman–Crippen MR) is 159 cm³/mol. The van der Waals surface area contributed by atoms with Crippen molar-refractivity contribution in [2.45, 2.75) is 38.5 Å². The topological polar surface area (TPSA) is 6.25 Å². The second-order valence-corrected chi connectivity index (χ2v) is 12.2. The van der Waals surface area contributed by atoms with Gasteiger partial charge in [0.15, 0.2) is 5.71 Å². The third-order valence-corrected chi connectivity index (χ3v) is 8.28. The summed E-state index contributed by atoms with van der Waals surface area (Å²) in [5.41, 5.74) is 8.03. The quantitative estimate of drug-likeness (QED) is 0.244. The van der Waals surface area contributed by atoms with E-state index in [1.54, 1.807) is 0 Å². The maximum atomic E-state index is 2.40. The van der Waals surface area contributed by atoms with Gasteiger partial charge in [-0.1, -0.05) is 44.2 Å². The molecule has 0 atom stereocenters. The Morgan fingerprint density at radius 3 is 2.09 bits per heavy atom. The highest BCUT2D eigenvalue weighted by Crippen LogP contribution is 2.47. The molecule has 2 heterocycles. The molecule has 2 aromatic rings. The summed E-state index contributed by atoms with van der Waals surface area (Å²) >= 11 is 4.80. The second-order valence-electron chi connectivity index (χ2n) is 9.76. The van der Waals surface area contributed by atoms with E-state index < -0.39 is 0 Å².